The normalized spacial score (nSPS) is 14.4. The van der Waals surface area contributed by atoms with Crippen LogP contribution in [0, 0.1) is 0 Å². The molecule has 0 saturated carbocycles. The van der Waals surface area contributed by atoms with Crippen molar-refractivity contribution in [3.05, 3.63) is 65.7 Å². The predicted octanol–water partition coefficient (Wildman–Crippen LogP) is 1.59. The highest BCUT2D eigenvalue weighted by atomic mass is 32.2. The first-order valence-electron chi connectivity index (χ1n) is 7.13. The predicted molar refractivity (Wildman–Crippen MR) is 87.4 cm³/mol. The molecule has 122 valence electrons. The van der Waals surface area contributed by atoms with E-state index < -0.39 is 26.6 Å². The van der Waals surface area contributed by atoms with Gasteiger partial charge in [-0.2, -0.15) is 0 Å². The Morgan fingerprint density at radius 3 is 1.91 bits per heavy atom. The molecule has 5 nitrogen and oxygen atoms in total. The third-order valence-corrected chi connectivity index (χ3v) is 5.94. The molecule has 0 aliphatic carbocycles. The number of carbonyl (C=O) groups is 1. The van der Waals surface area contributed by atoms with E-state index in [2.05, 4.69) is 0 Å². The van der Waals surface area contributed by atoms with Crippen LogP contribution in [0.15, 0.2) is 59.5 Å². The van der Waals surface area contributed by atoms with E-state index in [9.17, 15) is 18.3 Å². The van der Waals surface area contributed by atoms with Gasteiger partial charge in [0.25, 0.3) is 5.91 Å². The largest absolute Gasteiger partial charge is 0.372 e. The van der Waals surface area contributed by atoms with E-state index in [-0.39, 0.29) is 10.5 Å². The molecule has 6 heteroatoms. The molecule has 0 aliphatic heterocycles. The zero-order valence-electron chi connectivity index (χ0n) is 12.9. The highest BCUT2D eigenvalue weighted by molar-refractivity contribution is 7.92. The number of aliphatic hydroxyl groups is 1. The minimum Gasteiger partial charge on any atom is -0.372 e. The number of nitrogens with two attached hydrogens (primary N) is 1. The Kier molecular flexibility index (Phi) is 4.58. The van der Waals surface area contributed by atoms with Crippen molar-refractivity contribution in [2.45, 2.75) is 29.6 Å². The van der Waals surface area contributed by atoms with Gasteiger partial charge in [0.05, 0.1) is 10.1 Å². The summed E-state index contributed by atoms with van der Waals surface area (Å²) in [7, 11) is -3.42. The van der Waals surface area contributed by atoms with Gasteiger partial charge in [-0.25, -0.2) is 8.42 Å². The molecule has 0 radical (unpaired) electrons. The Morgan fingerprint density at radius 2 is 1.48 bits per heavy atom. The zero-order chi connectivity index (χ0) is 17.3. The average molecular weight is 333 g/mol. The lowest BCUT2D eigenvalue weighted by Gasteiger charge is -2.26. The molecular formula is C17H19NO4S. The summed E-state index contributed by atoms with van der Waals surface area (Å²) < 4.78 is 24.3. The zero-order valence-corrected chi connectivity index (χ0v) is 13.7. The lowest BCUT2D eigenvalue weighted by Crippen LogP contribution is -2.42. The summed E-state index contributed by atoms with van der Waals surface area (Å²) in [6.07, 6.45) is 0. The minimum absolute atomic E-state index is 0.135. The lowest BCUT2D eigenvalue weighted by atomic mass is 9.86. The highest BCUT2D eigenvalue weighted by Crippen LogP contribution is 2.30. The molecule has 1 atom stereocenters. The van der Waals surface area contributed by atoms with Crippen LogP contribution >= 0.6 is 0 Å². The molecule has 2 aromatic carbocycles. The molecule has 0 saturated heterocycles. The van der Waals surface area contributed by atoms with Gasteiger partial charge in [-0.3, -0.25) is 4.79 Å². The van der Waals surface area contributed by atoms with Crippen LogP contribution < -0.4 is 5.73 Å². The Balaban J connectivity index is 2.54. The van der Waals surface area contributed by atoms with Crippen LogP contribution in [0.2, 0.25) is 0 Å². The van der Waals surface area contributed by atoms with Crippen LogP contribution in [-0.2, 0) is 20.2 Å². The summed E-state index contributed by atoms with van der Waals surface area (Å²) in [5.41, 5.74) is 3.93. The molecule has 1 unspecified atom stereocenters. The Labute approximate surface area is 135 Å². The van der Waals surface area contributed by atoms with Gasteiger partial charge in [0.15, 0.2) is 15.4 Å². The molecular weight excluding hydrogens is 314 g/mol. The second-order valence-electron chi connectivity index (χ2n) is 5.56. The second-order valence-corrected chi connectivity index (χ2v) is 8.06. The van der Waals surface area contributed by atoms with Crippen molar-refractivity contribution in [2.75, 3.05) is 0 Å². The Morgan fingerprint density at radius 1 is 1.00 bits per heavy atom. The van der Waals surface area contributed by atoms with E-state index in [0.717, 1.165) is 0 Å². The molecule has 0 aromatic heterocycles. The van der Waals surface area contributed by atoms with Crippen LogP contribution in [0.3, 0.4) is 0 Å². The number of benzene rings is 2. The minimum atomic E-state index is -3.42. The van der Waals surface area contributed by atoms with Crippen LogP contribution in [-0.4, -0.2) is 24.7 Å². The summed E-state index contributed by atoms with van der Waals surface area (Å²) in [4.78, 5) is 12.0. The van der Waals surface area contributed by atoms with E-state index in [4.69, 9.17) is 5.73 Å². The van der Waals surface area contributed by atoms with Crippen LogP contribution in [0.5, 0.6) is 0 Å². The smallest absolute Gasteiger partial charge is 0.258 e. The van der Waals surface area contributed by atoms with Gasteiger partial charge in [-0.15, -0.1) is 0 Å². The fraction of sp³-hybridized carbons (Fsp3) is 0.235. The molecule has 3 N–H and O–H groups in total. The van der Waals surface area contributed by atoms with Gasteiger partial charge in [0, 0.05) is 0 Å². The molecule has 0 aliphatic rings. The summed E-state index contributed by atoms with van der Waals surface area (Å²) in [6.45, 7) is 3.18. The van der Waals surface area contributed by atoms with Gasteiger partial charge < -0.3 is 10.8 Å². The number of amides is 1. The van der Waals surface area contributed by atoms with E-state index >= 15 is 0 Å². The van der Waals surface area contributed by atoms with Crippen molar-refractivity contribution < 1.29 is 18.3 Å². The number of carbonyl (C=O) groups excluding carboxylic acids is 1. The molecule has 2 rings (SSSR count). The maximum atomic E-state index is 12.1. The maximum Gasteiger partial charge on any atom is 0.258 e. The van der Waals surface area contributed by atoms with Gasteiger partial charge in [0.2, 0.25) is 0 Å². The first-order valence-corrected chi connectivity index (χ1v) is 8.67. The summed E-state index contributed by atoms with van der Waals surface area (Å²) in [6, 6.07) is 13.9. The molecule has 23 heavy (non-hydrogen) atoms. The third kappa shape index (κ3) is 3.00. The van der Waals surface area contributed by atoms with Gasteiger partial charge in [-0.1, -0.05) is 42.5 Å². The van der Waals surface area contributed by atoms with Crippen molar-refractivity contribution in [3.8, 4) is 0 Å². The number of hydrogen-bond acceptors (Lipinski definition) is 4. The molecule has 0 spiro atoms. The molecule has 2 aromatic rings. The fourth-order valence-electron chi connectivity index (χ4n) is 2.29. The SMILES string of the molecule is CC(C)S(=O)(=O)c1ccc(C(O)(C(N)=O)c2ccccc2)cc1. The van der Waals surface area contributed by atoms with Crippen molar-refractivity contribution in [1.29, 1.82) is 0 Å². The van der Waals surface area contributed by atoms with E-state index in [1.807, 2.05) is 0 Å². The topological polar surface area (TPSA) is 97.5 Å². The van der Waals surface area contributed by atoms with Gasteiger partial charge >= 0.3 is 0 Å². The van der Waals surface area contributed by atoms with Crippen molar-refractivity contribution >= 4 is 15.7 Å². The Bertz CT molecular complexity index is 798. The lowest BCUT2D eigenvalue weighted by molar-refractivity contribution is -0.133. The fourth-order valence-corrected chi connectivity index (χ4v) is 3.35. The molecule has 0 heterocycles. The molecule has 1 amide bonds. The van der Waals surface area contributed by atoms with Gasteiger partial charge in [0.1, 0.15) is 0 Å². The number of rotatable bonds is 5. The van der Waals surface area contributed by atoms with Crippen molar-refractivity contribution in [3.63, 3.8) is 0 Å². The first-order chi connectivity index (χ1) is 10.7. The summed E-state index contributed by atoms with van der Waals surface area (Å²) in [5.74, 6) is -0.928. The van der Waals surface area contributed by atoms with Crippen molar-refractivity contribution in [1.82, 2.24) is 0 Å². The first kappa shape index (κ1) is 17.2. The summed E-state index contributed by atoms with van der Waals surface area (Å²) in [5, 5.41) is 10.3. The Hall–Kier alpha value is -2.18. The maximum absolute atomic E-state index is 12.1. The molecule has 0 fully saturated rings. The molecule has 0 bridgehead atoms. The van der Waals surface area contributed by atoms with Gasteiger partial charge in [-0.05, 0) is 37.1 Å². The van der Waals surface area contributed by atoms with Crippen molar-refractivity contribution in [2.24, 2.45) is 5.73 Å². The number of primary amides is 1. The number of sulfone groups is 1. The average Bonchev–Trinajstić information content (AvgIpc) is 2.54. The monoisotopic (exact) mass is 333 g/mol. The van der Waals surface area contributed by atoms with Crippen LogP contribution in [0.4, 0.5) is 0 Å². The van der Waals surface area contributed by atoms with E-state index in [1.165, 1.54) is 24.3 Å². The highest BCUT2D eigenvalue weighted by Gasteiger charge is 2.38. The second kappa shape index (κ2) is 6.14. The summed E-state index contributed by atoms with van der Waals surface area (Å²) >= 11 is 0. The van der Waals surface area contributed by atoms with E-state index in [0.29, 0.717) is 5.56 Å². The van der Waals surface area contributed by atoms with Crippen LogP contribution in [0.25, 0.3) is 0 Å². The van der Waals surface area contributed by atoms with E-state index in [1.54, 1.807) is 44.2 Å². The number of hydrogen-bond donors (Lipinski definition) is 2. The third-order valence-electron chi connectivity index (χ3n) is 3.77. The standard InChI is InChI=1S/C17H19NO4S/c1-12(2)23(21,22)15-10-8-14(9-11-15)17(20,16(18)19)13-6-4-3-5-7-13/h3-12,20H,1-2H3,(H2,18,19). The van der Waals surface area contributed by atoms with Crippen LogP contribution in [0.1, 0.15) is 25.0 Å². The quantitative estimate of drug-likeness (QED) is 0.868.